The van der Waals surface area contributed by atoms with E-state index in [2.05, 4.69) is 19.1 Å². The zero-order valence-corrected chi connectivity index (χ0v) is 9.98. The topological polar surface area (TPSA) is 40.1 Å². The van der Waals surface area contributed by atoms with Crippen LogP contribution in [0.4, 0.5) is 0 Å². The highest BCUT2D eigenvalue weighted by atomic mass is 16.4. The molecule has 0 radical (unpaired) electrons. The van der Waals surface area contributed by atoms with Crippen LogP contribution in [0.1, 0.15) is 32.3 Å². The molecule has 0 saturated heterocycles. The number of benzene rings is 1. The molecular formula is C14H19O2-. The van der Waals surface area contributed by atoms with E-state index in [0.29, 0.717) is 18.8 Å². The molecule has 0 saturated carbocycles. The highest BCUT2D eigenvalue weighted by Crippen LogP contribution is 2.18. The minimum atomic E-state index is -0.914. The van der Waals surface area contributed by atoms with Gasteiger partial charge in [-0.1, -0.05) is 44.2 Å². The fraction of sp³-hybridized carbons (Fsp3) is 0.500. The molecule has 2 unspecified atom stereocenters. The molecule has 2 nitrogen and oxygen atoms in total. The quantitative estimate of drug-likeness (QED) is 0.734. The Morgan fingerprint density at radius 2 is 1.94 bits per heavy atom. The van der Waals surface area contributed by atoms with E-state index in [1.807, 2.05) is 25.1 Å². The molecule has 1 aromatic carbocycles. The van der Waals surface area contributed by atoms with Gasteiger partial charge in [-0.05, 0) is 36.7 Å². The maximum atomic E-state index is 10.8. The fourth-order valence-corrected chi connectivity index (χ4v) is 2.02. The van der Waals surface area contributed by atoms with Gasteiger partial charge in [-0.2, -0.15) is 0 Å². The number of carboxylic acid groups (broad SMARTS) is 1. The van der Waals surface area contributed by atoms with Crippen molar-refractivity contribution < 1.29 is 9.90 Å². The van der Waals surface area contributed by atoms with Crippen LogP contribution in [-0.4, -0.2) is 5.97 Å². The SMILES string of the molecule is CCC(CC(C)Cc1ccccc1)C(=O)[O-]. The Hall–Kier alpha value is -1.31. The first-order valence-electron chi connectivity index (χ1n) is 5.88. The van der Waals surface area contributed by atoms with Crippen LogP contribution in [0.25, 0.3) is 0 Å². The predicted molar refractivity (Wildman–Crippen MR) is 62.7 cm³/mol. The highest BCUT2D eigenvalue weighted by molar-refractivity contribution is 5.67. The number of hydrogen-bond acceptors (Lipinski definition) is 2. The van der Waals surface area contributed by atoms with Gasteiger partial charge < -0.3 is 9.90 Å². The Kier molecular flexibility index (Phi) is 5.03. The van der Waals surface area contributed by atoms with Crippen LogP contribution < -0.4 is 5.11 Å². The molecule has 0 aliphatic rings. The molecule has 0 aliphatic carbocycles. The third-order valence-electron chi connectivity index (χ3n) is 2.94. The van der Waals surface area contributed by atoms with Gasteiger partial charge in [0, 0.05) is 5.97 Å². The Bertz CT molecular complexity index is 319. The van der Waals surface area contributed by atoms with E-state index in [-0.39, 0.29) is 5.92 Å². The summed E-state index contributed by atoms with van der Waals surface area (Å²) in [7, 11) is 0. The van der Waals surface area contributed by atoms with Gasteiger partial charge in [0.15, 0.2) is 0 Å². The van der Waals surface area contributed by atoms with Crippen molar-refractivity contribution in [2.75, 3.05) is 0 Å². The smallest absolute Gasteiger partial charge is 0.0445 e. The van der Waals surface area contributed by atoms with E-state index in [1.54, 1.807) is 0 Å². The standard InChI is InChI=1S/C14H20O2/c1-3-13(14(15)16)10-11(2)9-12-7-5-4-6-8-12/h4-8,11,13H,3,9-10H2,1-2H3,(H,15,16)/p-1. The first-order chi connectivity index (χ1) is 7.63. The molecule has 0 heterocycles. The third-order valence-corrected chi connectivity index (χ3v) is 2.94. The van der Waals surface area contributed by atoms with Gasteiger partial charge in [0.1, 0.15) is 0 Å². The second kappa shape index (κ2) is 6.31. The molecule has 2 heteroatoms. The lowest BCUT2D eigenvalue weighted by Gasteiger charge is -2.20. The Morgan fingerprint density at radius 3 is 2.44 bits per heavy atom. The van der Waals surface area contributed by atoms with Crippen molar-refractivity contribution in [3.8, 4) is 0 Å². The van der Waals surface area contributed by atoms with Crippen LogP contribution in [0.15, 0.2) is 30.3 Å². The lowest BCUT2D eigenvalue weighted by atomic mass is 9.89. The molecule has 2 atom stereocenters. The van der Waals surface area contributed by atoms with Crippen LogP contribution in [0.5, 0.6) is 0 Å². The lowest BCUT2D eigenvalue weighted by molar-refractivity contribution is -0.312. The summed E-state index contributed by atoms with van der Waals surface area (Å²) >= 11 is 0. The van der Waals surface area contributed by atoms with E-state index in [0.717, 1.165) is 6.42 Å². The van der Waals surface area contributed by atoms with Crippen molar-refractivity contribution in [3.05, 3.63) is 35.9 Å². The first kappa shape index (κ1) is 12.8. The van der Waals surface area contributed by atoms with E-state index >= 15 is 0 Å². The molecule has 0 fully saturated rings. The molecule has 1 aromatic rings. The van der Waals surface area contributed by atoms with Crippen LogP contribution in [-0.2, 0) is 11.2 Å². The molecule has 16 heavy (non-hydrogen) atoms. The summed E-state index contributed by atoms with van der Waals surface area (Å²) < 4.78 is 0. The number of rotatable bonds is 6. The van der Waals surface area contributed by atoms with E-state index in [4.69, 9.17) is 0 Å². The second-order valence-corrected chi connectivity index (χ2v) is 4.45. The van der Waals surface area contributed by atoms with Gasteiger partial charge in [0.25, 0.3) is 0 Å². The monoisotopic (exact) mass is 219 g/mol. The van der Waals surface area contributed by atoms with Crippen molar-refractivity contribution in [2.45, 2.75) is 33.1 Å². The van der Waals surface area contributed by atoms with E-state index in [1.165, 1.54) is 5.56 Å². The summed E-state index contributed by atoms with van der Waals surface area (Å²) in [5.41, 5.74) is 1.27. The molecule has 0 N–H and O–H groups in total. The van der Waals surface area contributed by atoms with Gasteiger partial charge >= 0.3 is 0 Å². The molecule has 88 valence electrons. The third kappa shape index (κ3) is 4.05. The Morgan fingerprint density at radius 1 is 1.31 bits per heavy atom. The van der Waals surface area contributed by atoms with Crippen LogP contribution in [0.2, 0.25) is 0 Å². The summed E-state index contributed by atoms with van der Waals surface area (Å²) in [5, 5.41) is 10.8. The maximum Gasteiger partial charge on any atom is 0.0445 e. The fourth-order valence-electron chi connectivity index (χ4n) is 2.02. The molecule has 1 rings (SSSR count). The molecule has 0 spiro atoms. The van der Waals surface area contributed by atoms with Gasteiger partial charge in [0.05, 0.1) is 0 Å². The van der Waals surface area contributed by atoms with Crippen molar-refractivity contribution in [2.24, 2.45) is 11.8 Å². The highest BCUT2D eigenvalue weighted by Gasteiger charge is 2.12. The van der Waals surface area contributed by atoms with Crippen LogP contribution in [0.3, 0.4) is 0 Å². The zero-order chi connectivity index (χ0) is 12.0. The molecule has 0 amide bonds. The summed E-state index contributed by atoms with van der Waals surface area (Å²) in [6, 6.07) is 10.2. The molecule has 0 bridgehead atoms. The summed E-state index contributed by atoms with van der Waals surface area (Å²) in [4.78, 5) is 10.8. The second-order valence-electron chi connectivity index (χ2n) is 4.45. The number of carboxylic acids is 1. The van der Waals surface area contributed by atoms with Crippen LogP contribution >= 0.6 is 0 Å². The van der Waals surface area contributed by atoms with Gasteiger partial charge in [-0.25, -0.2) is 0 Å². The first-order valence-corrected chi connectivity index (χ1v) is 5.88. The number of hydrogen-bond donors (Lipinski definition) is 0. The Balaban J connectivity index is 2.47. The maximum absolute atomic E-state index is 10.8. The lowest BCUT2D eigenvalue weighted by Crippen LogP contribution is -2.32. The minimum Gasteiger partial charge on any atom is -0.550 e. The van der Waals surface area contributed by atoms with Crippen molar-refractivity contribution in [1.29, 1.82) is 0 Å². The number of carbonyl (C=O) groups is 1. The largest absolute Gasteiger partial charge is 0.550 e. The summed E-state index contributed by atoms with van der Waals surface area (Å²) in [6.45, 7) is 3.99. The number of carbonyl (C=O) groups excluding carboxylic acids is 1. The predicted octanol–water partition coefficient (Wildman–Crippen LogP) is 2.03. The minimum absolute atomic E-state index is 0.307. The number of aliphatic carboxylic acids is 1. The van der Waals surface area contributed by atoms with Gasteiger partial charge in [0.2, 0.25) is 0 Å². The molecular weight excluding hydrogens is 200 g/mol. The summed E-state index contributed by atoms with van der Waals surface area (Å²) in [6.07, 6.45) is 2.29. The zero-order valence-electron chi connectivity index (χ0n) is 9.98. The molecule has 0 aliphatic heterocycles. The van der Waals surface area contributed by atoms with Crippen molar-refractivity contribution >= 4 is 5.97 Å². The average molecular weight is 219 g/mol. The van der Waals surface area contributed by atoms with E-state index < -0.39 is 5.97 Å². The van der Waals surface area contributed by atoms with Crippen molar-refractivity contribution in [3.63, 3.8) is 0 Å². The van der Waals surface area contributed by atoms with Gasteiger partial charge in [-0.15, -0.1) is 0 Å². The Labute approximate surface area is 97.3 Å². The van der Waals surface area contributed by atoms with Gasteiger partial charge in [-0.3, -0.25) is 0 Å². The summed E-state index contributed by atoms with van der Waals surface area (Å²) in [5.74, 6) is -0.841. The van der Waals surface area contributed by atoms with Crippen molar-refractivity contribution in [1.82, 2.24) is 0 Å². The normalized spacial score (nSPS) is 14.4. The van der Waals surface area contributed by atoms with E-state index in [9.17, 15) is 9.90 Å². The van der Waals surface area contributed by atoms with Crippen LogP contribution in [0, 0.1) is 11.8 Å². The average Bonchev–Trinajstić information content (AvgIpc) is 2.27. The molecule has 0 aromatic heterocycles.